The Hall–Kier alpha value is -7.06. The van der Waals surface area contributed by atoms with Gasteiger partial charge in [0.15, 0.2) is 23.0 Å². The molecule has 75 heavy (non-hydrogen) atoms. The lowest BCUT2D eigenvalue weighted by Crippen LogP contribution is -2.63. The molecule has 7 aromatic carbocycles. The van der Waals surface area contributed by atoms with Gasteiger partial charge in [-0.3, -0.25) is 0 Å². The molecular formula is C67H63BN2O5. The quantitative estimate of drug-likeness (QED) is 0.163. The maximum Gasteiger partial charge on any atom is 0.222 e. The Labute approximate surface area is 440 Å². The van der Waals surface area contributed by atoms with Crippen LogP contribution in [0.1, 0.15) is 89.5 Å². The molecule has 1 aromatic heterocycles. The molecule has 4 atom stereocenters. The molecule has 7 nitrogen and oxygen atoms in total. The van der Waals surface area contributed by atoms with Crippen molar-refractivity contribution >= 4 is 57.0 Å². The SMILES string of the molecule is CC1(C)Cc2ccc(N3c4cc(-c5ccc6c(c5)C(C)(C)c5cc(-c7cc8ccccc8o7)ccc5-6)cc5c4B(c4cc6c(cc4N5c4ccc5c(c4)OCCO5)OCCO6)C4CC5CC(C)(C)CC5CC43)cc2C1. The van der Waals surface area contributed by atoms with Crippen LogP contribution in [0.15, 0.2) is 132 Å². The zero-order valence-corrected chi connectivity index (χ0v) is 44.0. The predicted octanol–water partition coefficient (Wildman–Crippen LogP) is 14.9. The van der Waals surface area contributed by atoms with Gasteiger partial charge in [-0.15, -0.1) is 0 Å². The van der Waals surface area contributed by atoms with Gasteiger partial charge in [0.05, 0.1) is 5.69 Å². The molecule has 4 aliphatic heterocycles. The van der Waals surface area contributed by atoms with Gasteiger partial charge in [0.2, 0.25) is 6.71 Å². The van der Waals surface area contributed by atoms with E-state index in [0.717, 1.165) is 69.5 Å². The normalized spacial score (nSPS) is 23.2. The number of anilines is 5. The summed E-state index contributed by atoms with van der Waals surface area (Å²) >= 11 is 0. The summed E-state index contributed by atoms with van der Waals surface area (Å²) in [6.45, 7) is 17.0. The average Bonchev–Trinajstić information content (AvgIpc) is 4.22. The molecule has 0 N–H and O–H groups in total. The molecule has 0 saturated heterocycles. The van der Waals surface area contributed by atoms with Gasteiger partial charge in [-0.2, -0.15) is 0 Å². The third-order valence-electron chi connectivity index (χ3n) is 19.2. The summed E-state index contributed by atoms with van der Waals surface area (Å²) in [6.07, 6.45) is 7.19. The number of hydrogen-bond donors (Lipinski definition) is 0. The van der Waals surface area contributed by atoms with Crippen LogP contribution in [0.4, 0.5) is 28.4 Å². The fraction of sp³-hybridized carbons (Fsp3) is 0.343. The minimum Gasteiger partial charge on any atom is -0.486 e. The van der Waals surface area contributed by atoms with Crippen molar-refractivity contribution in [3.63, 3.8) is 0 Å². The number of hydrogen-bond acceptors (Lipinski definition) is 7. The first-order chi connectivity index (χ1) is 36.3. The van der Waals surface area contributed by atoms with Crippen LogP contribution in [0, 0.1) is 22.7 Å². The molecular weight excluding hydrogens is 924 g/mol. The van der Waals surface area contributed by atoms with E-state index in [0.29, 0.717) is 55.5 Å². The van der Waals surface area contributed by atoms with E-state index in [1.54, 1.807) is 0 Å². The molecule has 16 rings (SSSR count). The van der Waals surface area contributed by atoms with Gasteiger partial charge in [0, 0.05) is 57.3 Å². The van der Waals surface area contributed by atoms with Crippen LogP contribution in [0.3, 0.4) is 0 Å². The fourth-order valence-electron chi connectivity index (χ4n) is 16.1. The summed E-state index contributed by atoms with van der Waals surface area (Å²) in [5.41, 5.74) is 21.9. The van der Waals surface area contributed by atoms with Crippen molar-refractivity contribution in [1.29, 1.82) is 0 Å². The molecule has 2 fully saturated rings. The first-order valence-electron chi connectivity index (χ1n) is 27.8. The topological polar surface area (TPSA) is 56.5 Å². The standard InChI is InChI=1S/C67H63BN2O5/c1-65(2)34-41-11-14-46(23-43(41)35-65)69-54-29-45-37-66(3,4)36-44(45)26-52(54)68-53-32-62-63(74-22-21-73-62)33-55(53)70(47-15-18-59-61(31-47)72-20-19-71-59)57-28-42(27-56(69)64(57)68)38-12-16-48-49-17-13-40(25-51(49)67(5,6)50(48)24-38)60-30-39-9-7-8-10-58(39)75-60/h7-18,23-25,27-28,30-33,44-45,52,54H,19-22,26,29,34-37H2,1-6H3. The number of fused-ring (bicyclic) bond motifs is 12. The van der Waals surface area contributed by atoms with Crippen LogP contribution in [-0.2, 0) is 18.3 Å². The number of furan rings is 1. The number of para-hydroxylation sites is 1. The molecule has 8 heteroatoms. The zero-order valence-electron chi connectivity index (χ0n) is 44.0. The largest absolute Gasteiger partial charge is 0.486 e. The zero-order chi connectivity index (χ0) is 50.3. The summed E-state index contributed by atoms with van der Waals surface area (Å²) in [4.78, 5) is 5.39. The number of benzene rings is 7. The van der Waals surface area contributed by atoms with Crippen LogP contribution in [-0.4, -0.2) is 39.2 Å². The first-order valence-corrected chi connectivity index (χ1v) is 27.8. The van der Waals surface area contributed by atoms with E-state index in [1.165, 1.54) is 98.2 Å². The molecule has 2 saturated carbocycles. The van der Waals surface area contributed by atoms with E-state index in [9.17, 15) is 0 Å². The van der Waals surface area contributed by atoms with E-state index < -0.39 is 0 Å². The average molecular weight is 987 g/mol. The van der Waals surface area contributed by atoms with Crippen LogP contribution in [0.5, 0.6) is 23.0 Å². The third kappa shape index (κ3) is 6.66. The van der Waals surface area contributed by atoms with Crippen LogP contribution in [0.25, 0.3) is 44.5 Å². The predicted molar refractivity (Wildman–Crippen MR) is 303 cm³/mol. The van der Waals surface area contributed by atoms with Crippen LogP contribution < -0.4 is 39.7 Å². The second-order valence-electron chi connectivity index (χ2n) is 25.6. The number of rotatable bonds is 4. The smallest absolute Gasteiger partial charge is 0.222 e. The lowest BCUT2D eigenvalue weighted by molar-refractivity contribution is 0.171. The first kappa shape index (κ1) is 44.3. The summed E-state index contributed by atoms with van der Waals surface area (Å²) in [7, 11) is 0. The van der Waals surface area contributed by atoms with Crippen LogP contribution in [0.2, 0.25) is 5.82 Å². The van der Waals surface area contributed by atoms with E-state index >= 15 is 0 Å². The molecule has 374 valence electrons. The molecule has 8 aliphatic rings. The second-order valence-corrected chi connectivity index (χ2v) is 25.6. The molecule has 4 aliphatic carbocycles. The Morgan fingerprint density at radius 2 is 1.19 bits per heavy atom. The highest BCUT2D eigenvalue weighted by Crippen LogP contribution is 2.60. The lowest BCUT2D eigenvalue weighted by Gasteiger charge is -2.54. The van der Waals surface area contributed by atoms with Crippen molar-refractivity contribution < 1.29 is 23.4 Å². The van der Waals surface area contributed by atoms with E-state index in [1.807, 2.05) is 6.07 Å². The van der Waals surface area contributed by atoms with Crippen molar-refractivity contribution in [3.8, 4) is 56.6 Å². The number of ether oxygens (including phenoxy) is 4. The van der Waals surface area contributed by atoms with Gasteiger partial charge >= 0.3 is 0 Å². The molecule has 0 bridgehead atoms. The molecule has 4 unspecified atom stereocenters. The number of nitrogens with zero attached hydrogens (tertiary/aromatic N) is 2. The van der Waals surface area contributed by atoms with Gasteiger partial charge in [-0.05, 0) is 183 Å². The molecule has 0 amide bonds. The van der Waals surface area contributed by atoms with Crippen molar-refractivity contribution in [2.24, 2.45) is 22.7 Å². The fourth-order valence-corrected chi connectivity index (χ4v) is 16.1. The summed E-state index contributed by atoms with van der Waals surface area (Å²) in [5.74, 6) is 5.89. The Morgan fingerprint density at radius 1 is 0.520 bits per heavy atom. The van der Waals surface area contributed by atoms with Crippen molar-refractivity contribution in [3.05, 3.63) is 150 Å². The second kappa shape index (κ2) is 15.5. The van der Waals surface area contributed by atoms with Crippen LogP contribution >= 0.6 is 0 Å². The third-order valence-corrected chi connectivity index (χ3v) is 19.2. The summed E-state index contributed by atoms with van der Waals surface area (Å²) < 4.78 is 32.0. The molecule has 0 radical (unpaired) electrons. The van der Waals surface area contributed by atoms with E-state index in [4.69, 9.17) is 23.4 Å². The maximum absolute atomic E-state index is 6.52. The Kier molecular flexibility index (Phi) is 9.16. The van der Waals surface area contributed by atoms with Crippen molar-refractivity contribution in [2.75, 3.05) is 36.2 Å². The lowest BCUT2D eigenvalue weighted by atomic mass is 9.27. The molecule has 8 aromatic rings. The van der Waals surface area contributed by atoms with E-state index in [2.05, 4.69) is 173 Å². The molecule has 0 spiro atoms. The summed E-state index contributed by atoms with van der Waals surface area (Å²) in [6, 6.07) is 48.8. The highest BCUT2D eigenvalue weighted by Gasteiger charge is 2.56. The minimum absolute atomic E-state index is 0.150. The Bertz CT molecular complexity index is 3720. The van der Waals surface area contributed by atoms with Gasteiger partial charge in [0.1, 0.15) is 37.8 Å². The van der Waals surface area contributed by atoms with Crippen molar-refractivity contribution in [1.82, 2.24) is 0 Å². The van der Waals surface area contributed by atoms with Gasteiger partial charge < -0.3 is 33.2 Å². The Balaban J connectivity index is 0.926. The highest BCUT2D eigenvalue weighted by atomic mass is 16.6. The van der Waals surface area contributed by atoms with Gasteiger partial charge in [-0.25, -0.2) is 0 Å². The van der Waals surface area contributed by atoms with E-state index in [-0.39, 0.29) is 17.5 Å². The highest BCUT2D eigenvalue weighted by molar-refractivity contribution is 6.91. The van der Waals surface area contributed by atoms with Gasteiger partial charge in [-0.1, -0.05) is 96.5 Å². The molecule has 5 heterocycles. The maximum atomic E-state index is 6.52. The van der Waals surface area contributed by atoms with Gasteiger partial charge in [0.25, 0.3) is 0 Å². The monoisotopic (exact) mass is 986 g/mol. The van der Waals surface area contributed by atoms with Crippen molar-refractivity contribution in [2.45, 2.75) is 97.3 Å². The minimum atomic E-state index is -0.251. The summed E-state index contributed by atoms with van der Waals surface area (Å²) in [5, 5.41) is 1.12. The Morgan fingerprint density at radius 3 is 1.97 bits per heavy atom.